The van der Waals surface area contributed by atoms with Gasteiger partial charge in [0.2, 0.25) is 0 Å². The van der Waals surface area contributed by atoms with Crippen LogP contribution in [0.15, 0.2) is 52.3 Å². The minimum Gasteiger partial charge on any atom is -0.365 e. The highest BCUT2D eigenvalue weighted by molar-refractivity contribution is 8.26. The summed E-state index contributed by atoms with van der Waals surface area (Å²) in [4.78, 5) is 32.7. The Bertz CT molecular complexity index is 1280. The fourth-order valence-electron chi connectivity index (χ4n) is 3.32. The maximum atomic E-state index is 13.4. The Labute approximate surface area is 190 Å². The van der Waals surface area contributed by atoms with Gasteiger partial charge in [-0.25, -0.2) is 4.98 Å². The summed E-state index contributed by atoms with van der Waals surface area (Å²) in [5, 5.41) is 3.29. The van der Waals surface area contributed by atoms with Crippen molar-refractivity contribution < 1.29 is 4.79 Å². The van der Waals surface area contributed by atoms with E-state index in [2.05, 4.69) is 10.3 Å². The van der Waals surface area contributed by atoms with Gasteiger partial charge >= 0.3 is 0 Å². The average molecular weight is 451 g/mol. The number of nitrogens with one attached hydrogen (secondary N) is 1. The highest BCUT2D eigenvalue weighted by Gasteiger charge is 2.31. The predicted octanol–water partition coefficient (Wildman–Crippen LogP) is 4.14. The molecule has 1 aliphatic rings. The standard InChI is InChI=1S/C23H22N4O2S2/c1-4-26-22(29)18(31-23(26)30)11-17-20(24-12-16-8-5-14(2)6-9-16)25-19-10-7-15(3)13-27(19)21(17)28/h5-11,13,24H,4,12H2,1-3H3. The molecule has 4 rings (SSSR count). The molecular formula is C23H22N4O2S2. The summed E-state index contributed by atoms with van der Waals surface area (Å²) in [5.74, 6) is 0.256. The number of nitrogens with zero attached hydrogens (tertiary/aromatic N) is 3. The smallest absolute Gasteiger partial charge is 0.267 e. The number of thiocarbonyl (C=S) groups is 1. The zero-order valence-electron chi connectivity index (χ0n) is 17.5. The highest BCUT2D eigenvalue weighted by atomic mass is 32.2. The molecule has 0 saturated carbocycles. The zero-order valence-corrected chi connectivity index (χ0v) is 19.1. The van der Waals surface area contributed by atoms with Crippen molar-refractivity contribution in [2.45, 2.75) is 27.3 Å². The molecule has 6 nitrogen and oxygen atoms in total. The van der Waals surface area contributed by atoms with Gasteiger partial charge in [-0.2, -0.15) is 0 Å². The molecule has 2 aromatic heterocycles. The average Bonchev–Trinajstić information content (AvgIpc) is 3.02. The van der Waals surface area contributed by atoms with Crippen LogP contribution in [0.3, 0.4) is 0 Å². The molecule has 3 aromatic rings. The van der Waals surface area contributed by atoms with E-state index in [1.807, 2.05) is 57.2 Å². The van der Waals surface area contributed by atoms with Crippen molar-refractivity contribution in [3.8, 4) is 0 Å². The monoisotopic (exact) mass is 450 g/mol. The summed E-state index contributed by atoms with van der Waals surface area (Å²) in [7, 11) is 0. The van der Waals surface area contributed by atoms with Gasteiger partial charge in [0.1, 0.15) is 15.8 Å². The Morgan fingerprint density at radius 2 is 1.81 bits per heavy atom. The molecule has 0 radical (unpaired) electrons. The Morgan fingerprint density at radius 3 is 2.48 bits per heavy atom. The van der Waals surface area contributed by atoms with Crippen LogP contribution in [0.25, 0.3) is 11.7 Å². The van der Waals surface area contributed by atoms with Crippen molar-refractivity contribution in [2.24, 2.45) is 0 Å². The van der Waals surface area contributed by atoms with Gasteiger partial charge in [-0.3, -0.25) is 18.9 Å². The van der Waals surface area contributed by atoms with Gasteiger partial charge < -0.3 is 5.32 Å². The molecule has 8 heteroatoms. The fourth-order valence-corrected chi connectivity index (χ4v) is 4.68. The van der Waals surface area contributed by atoms with Crippen molar-refractivity contribution in [3.05, 3.63) is 80.1 Å². The number of hydrogen-bond donors (Lipinski definition) is 1. The maximum absolute atomic E-state index is 13.4. The number of carbonyl (C=O) groups excluding carboxylic acids is 1. The van der Waals surface area contributed by atoms with Gasteiger partial charge in [0, 0.05) is 19.3 Å². The number of rotatable bonds is 5. The number of aromatic nitrogens is 2. The largest absolute Gasteiger partial charge is 0.365 e. The van der Waals surface area contributed by atoms with Crippen molar-refractivity contribution in [1.82, 2.24) is 14.3 Å². The molecule has 1 aromatic carbocycles. The van der Waals surface area contributed by atoms with E-state index in [9.17, 15) is 9.59 Å². The molecule has 1 amide bonds. The first-order chi connectivity index (χ1) is 14.9. The minimum atomic E-state index is -0.234. The third-order valence-corrected chi connectivity index (χ3v) is 6.43. The van der Waals surface area contributed by atoms with Crippen LogP contribution < -0.4 is 10.9 Å². The van der Waals surface area contributed by atoms with Crippen molar-refractivity contribution in [1.29, 1.82) is 0 Å². The number of amides is 1. The molecular weight excluding hydrogens is 428 g/mol. The molecule has 158 valence electrons. The van der Waals surface area contributed by atoms with Gasteiger partial charge in [0.25, 0.3) is 11.5 Å². The second kappa shape index (κ2) is 8.64. The number of anilines is 1. The summed E-state index contributed by atoms with van der Waals surface area (Å²) in [5.41, 5.74) is 3.84. The highest BCUT2D eigenvalue weighted by Crippen LogP contribution is 2.32. The summed E-state index contributed by atoms with van der Waals surface area (Å²) in [6.45, 7) is 6.83. The molecule has 3 heterocycles. The van der Waals surface area contributed by atoms with Crippen molar-refractivity contribution in [2.75, 3.05) is 11.9 Å². The Kier molecular flexibility index (Phi) is 5.93. The lowest BCUT2D eigenvalue weighted by atomic mass is 10.1. The molecule has 0 unspecified atom stereocenters. The number of aryl methyl sites for hydroxylation is 2. The second-order valence-electron chi connectivity index (χ2n) is 7.38. The van der Waals surface area contributed by atoms with Crippen LogP contribution in [0.5, 0.6) is 0 Å². The van der Waals surface area contributed by atoms with E-state index >= 15 is 0 Å². The SMILES string of the molecule is CCN1C(=O)C(=Cc2c(NCc3ccc(C)cc3)nc3ccc(C)cn3c2=O)SC1=S. The van der Waals surface area contributed by atoms with Crippen LogP contribution >= 0.6 is 24.0 Å². The van der Waals surface area contributed by atoms with Gasteiger partial charge in [-0.05, 0) is 44.0 Å². The summed E-state index contributed by atoms with van der Waals surface area (Å²) >= 11 is 6.52. The second-order valence-corrected chi connectivity index (χ2v) is 9.05. The van der Waals surface area contributed by atoms with Crippen molar-refractivity contribution in [3.63, 3.8) is 0 Å². The molecule has 0 spiro atoms. The molecule has 1 N–H and O–H groups in total. The van der Waals surface area contributed by atoms with E-state index in [0.29, 0.717) is 39.3 Å². The first kappa shape index (κ1) is 21.3. The van der Waals surface area contributed by atoms with Crippen LogP contribution in [-0.2, 0) is 11.3 Å². The van der Waals surface area contributed by atoms with E-state index < -0.39 is 0 Å². The number of fused-ring (bicyclic) bond motifs is 1. The number of hydrogen-bond acceptors (Lipinski definition) is 6. The van der Waals surface area contributed by atoms with E-state index in [1.165, 1.54) is 26.6 Å². The predicted molar refractivity (Wildman–Crippen MR) is 130 cm³/mol. The lowest BCUT2D eigenvalue weighted by Crippen LogP contribution is -2.27. The molecule has 31 heavy (non-hydrogen) atoms. The zero-order chi connectivity index (χ0) is 22.1. The van der Waals surface area contributed by atoms with Crippen LogP contribution in [0.2, 0.25) is 0 Å². The molecule has 0 aliphatic carbocycles. The van der Waals surface area contributed by atoms with Crippen LogP contribution in [-0.4, -0.2) is 31.1 Å². The maximum Gasteiger partial charge on any atom is 0.267 e. The van der Waals surface area contributed by atoms with Crippen LogP contribution in [0, 0.1) is 13.8 Å². The topological polar surface area (TPSA) is 66.7 Å². The van der Waals surface area contributed by atoms with E-state index in [0.717, 1.165) is 11.1 Å². The molecule has 0 bridgehead atoms. The number of benzene rings is 1. The number of pyridine rings is 1. The molecule has 0 atom stereocenters. The van der Waals surface area contributed by atoms with Gasteiger partial charge in [-0.15, -0.1) is 0 Å². The third-order valence-electron chi connectivity index (χ3n) is 5.05. The van der Waals surface area contributed by atoms with Gasteiger partial charge in [0.15, 0.2) is 0 Å². The third kappa shape index (κ3) is 4.26. The first-order valence-corrected chi connectivity index (χ1v) is 11.2. The quantitative estimate of drug-likeness (QED) is 0.465. The van der Waals surface area contributed by atoms with Crippen LogP contribution in [0.1, 0.15) is 29.2 Å². The lowest BCUT2D eigenvalue weighted by Gasteiger charge is -2.12. The molecule has 1 saturated heterocycles. The van der Waals surface area contributed by atoms with Crippen LogP contribution in [0.4, 0.5) is 5.82 Å². The van der Waals surface area contributed by atoms with Gasteiger partial charge in [0.05, 0.1) is 10.5 Å². The number of likely N-dealkylation sites (N-methyl/N-ethyl adjacent to an activating group) is 1. The number of carbonyl (C=O) groups is 1. The minimum absolute atomic E-state index is 0.185. The molecule has 1 fully saturated rings. The van der Waals surface area contributed by atoms with Crippen molar-refractivity contribution >= 4 is 51.7 Å². The van der Waals surface area contributed by atoms with E-state index in [1.54, 1.807) is 12.3 Å². The van der Waals surface area contributed by atoms with E-state index in [4.69, 9.17) is 12.2 Å². The Morgan fingerprint density at radius 1 is 1.10 bits per heavy atom. The van der Waals surface area contributed by atoms with Gasteiger partial charge in [-0.1, -0.05) is 59.9 Å². The normalized spacial score (nSPS) is 15.3. The summed E-state index contributed by atoms with van der Waals surface area (Å²) in [6, 6.07) is 11.9. The summed E-state index contributed by atoms with van der Waals surface area (Å²) in [6.07, 6.45) is 3.36. The Hall–Kier alpha value is -2.97. The summed E-state index contributed by atoms with van der Waals surface area (Å²) < 4.78 is 2.01. The number of thioether (sulfide) groups is 1. The Balaban J connectivity index is 1.80. The lowest BCUT2D eigenvalue weighted by molar-refractivity contribution is -0.121. The van der Waals surface area contributed by atoms with E-state index in [-0.39, 0.29) is 11.5 Å². The molecule has 1 aliphatic heterocycles. The fraction of sp³-hybridized carbons (Fsp3) is 0.217. The first-order valence-electron chi connectivity index (χ1n) is 9.95.